The van der Waals surface area contributed by atoms with Crippen molar-refractivity contribution in [2.45, 2.75) is 25.8 Å². The molecule has 1 aliphatic rings. The van der Waals surface area contributed by atoms with Gasteiger partial charge in [-0.3, -0.25) is 4.68 Å². The lowest BCUT2D eigenvalue weighted by atomic mass is 10.5. The van der Waals surface area contributed by atoms with Crippen LogP contribution >= 0.6 is 0 Å². The Balaban J connectivity index is 1.88. The summed E-state index contributed by atoms with van der Waals surface area (Å²) in [5, 5.41) is 7.43. The van der Waals surface area contributed by atoms with Crippen molar-refractivity contribution in [3.05, 3.63) is 24.3 Å². The molecule has 2 heterocycles. The third-order valence-corrected chi connectivity index (χ3v) is 2.75. The van der Waals surface area contributed by atoms with Crippen molar-refractivity contribution < 1.29 is 0 Å². The van der Waals surface area contributed by atoms with Gasteiger partial charge in [0.1, 0.15) is 0 Å². The van der Waals surface area contributed by atoms with Gasteiger partial charge in [0, 0.05) is 25.5 Å². The van der Waals surface area contributed by atoms with Gasteiger partial charge in [-0.1, -0.05) is 0 Å². The van der Waals surface area contributed by atoms with Gasteiger partial charge >= 0.3 is 0 Å². The highest BCUT2D eigenvalue weighted by Crippen LogP contribution is 2.37. The zero-order valence-corrected chi connectivity index (χ0v) is 9.51. The van der Waals surface area contributed by atoms with Crippen molar-refractivity contribution >= 4 is 11.6 Å². The average Bonchev–Trinajstić information content (AvgIpc) is 2.91. The number of anilines is 2. The summed E-state index contributed by atoms with van der Waals surface area (Å²) in [6.45, 7) is 2.02. The molecule has 84 valence electrons. The second-order valence-corrected chi connectivity index (χ2v) is 4.37. The Morgan fingerprint density at radius 3 is 2.81 bits per heavy atom. The van der Waals surface area contributed by atoms with Crippen LogP contribution in [-0.4, -0.2) is 19.3 Å². The van der Waals surface area contributed by atoms with E-state index in [1.807, 2.05) is 20.2 Å². The molecule has 1 saturated carbocycles. The van der Waals surface area contributed by atoms with Crippen LogP contribution in [0.25, 0.3) is 0 Å². The van der Waals surface area contributed by atoms with Crippen molar-refractivity contribution in [1.29, 1.82) is 0 Å². The first-order chi connectivity index (χ1) is 7.72. The van der Waals surface area contributed by atoms with Crippen LogP contribution in [0.15, 0.2) is 18.6 Å². The van der Waals surface area contributed by atoms with Crippen LogP contribution in [0.5, 0.6) is 0 Å². The number of nitrogens with one attached hydrogen (secondary N) is 1. The third-order valence-electron chi connectivity index (χ3n) is 2.75. The van der Waals surface area contributed by atoms with Gasteiger partial charge in [-0.05, 0) is 19.8 Å². The number of hydrogen-bond acceptors (Lipinski definition) is 3. The molecule has 0 saturated heterocycles. The Labute approximate surface area is 94.1 Å². The molecule has 1 fully saturated rings. The predicted molar refractivity (Wildman–Crippen MR) is 61.7 cm³/mol. The predicted octanol–water partition coefficient (Wildman–Crippen LogP) is 2.00. The molecule has 5 nitrogen and oxygen atoms in total. The Morgan fingerprint density at radius 1 is 1.38 bits per heavy atom. The molecule has 0 atom stereocenters. The van der Waals surface area contributed by atoms with Gasteiger partial charge in [-0.15, -0.1) is 0 Å². The maximum atomic E-state index is 4.49. The molecule has 1 N–H and O–H groups in total. The molecule has 3 rings (SSSR count). The van der Waals surface area contributed by atoms with E-state index in [2.05, 4.69) is 26.2 Å². The van der Waals surface area contributed by atoms with Gasteiger partial charge < -0.3 is 9.88 Å². The van der Waals surface area contributed by atoms with E-state index in [0.29, 0.717) is 6.04 Å². The molecule has 0 amide bonds. The second-order valence-electron chi connectivity index (χ2n) is 4.37. The number of rotatable bonds is 3. The van der Waals surface area contributed by atoms with Gasteiger partial charge in [-0.2, -0.15) is 5.10 Å². The highest BCUT2D eigenvalue weighted by Gasteiger charge is 2.26. The summed E-state index contributed by atoms with van der Waals surface area (Å²) in [5.74, 6) is 0.924. The van der Waals surface area contributed by atoms with Crippen molar-refractivity contribution in [3.8, 4) is 0 Å². The van der Waals surface area contributed by atoms with Crippen LogP contribution in [0.1, 0.15) is 24.6 Å². The quantitative estimate of drug-likeness (QED) is 0.855. The van der Waals surface area contributed by atoms with E-state index < -0.39 is 0 Å². The fourth-order valence-electron chi connectivity index (χ4n) is 1.85. The fourth-order valence-corrected chi connectivity index (χ4v) is 1.85. The van der Waals surface area contributed by atoms with Crippen molar-refractivity contribution in [3.63, 3.8) is 0 Å². The van der Waals surface area contributed by atoms with Crippen LogP contribution < -0.4 is 5.32 Å². The Morgan fingerprint density at radius 2 is 2.19 bits per heavy atom. The smallest absolute Gasteiger partial charge is 0.207 e. The maximum Gasteiger partial charge on any atom is 0.207 e. The second kappa shape index (κ2) is 3.37. The van der Waals surface area contributed by atoms with Crippen molar-refractivity contribution in [2.24, 2.45) is 7.05 Å². The molecule has 2 aromatic rings. The Kier molecular flexibility index (Phi) is 1.99. The Hall–Kier alpha value is -1.78. The summed E-state index contributed by atoms with van der Waals surface area (Å²) in [4.78, 5) is 4.49. The van der Waals surface area contributed by atoms with E-state index in [1.165, 1.54) is 12.8 Å². The molecule has 0 aromatic carbocycles. The molecule has 0 radical (unpaired) electrons. The SMILES string of the molecule is Cc1cn(C2CC2)c(Nc2cnn(C)c2)n1. The minimum Gasteiger partial charge on any atom is -0.323 e. The van der Waals surface area contributed by atoms with E-state index in [9.17, 15) is 0 Å². The minimum absolute atomic E-state index is 0.639. The van der Waals surface area contributed by atoms with Crippen LogP contribution in [0.3, 0.4) is 0 Å². The summed E-state index contributed by atoms with van der Waals surface area (Å²) in [6, 6.07) is 0.639. The highest BCUT2D eigenvalue weighted by molar-refractivity contribution is 5.51. The van der Waals surface area contributed by atoms with Gasteiger partial charge in [0.05, 0.1) is 17.6 Å². The molecular formula is C11H15N5. The molecule has 5 heteroatoms. The minimum atomic E-state index is 0.639. The number of aromatic nitrogens is 4. The first kappa shape index (κ1) is 9.45. The standard InChI is InChI=1S/C11H15N5/c1-8-6-16(10-3-4-10)11(13-8)14-9-5-12-15(2)7-9/h5-7,10H,3-4H2,1-2H3,(H,13,14). The maximum absolute atomic E-state index is 4.49. The van der Waals surface area contributed by atoms with Crippen molar-refractivity contribution in [1.82, 2.24) is 19.3 Å². The summed E-state index contributed by atoms with van der Waals surface area (Å²) < 4.78 is 4.00. The van der Waals surface area contributed by atoms with Crippen LogP contribution in [0.4, 0.5) is 11.6 Å². The van der Waals surface area contributed by atoms with Crippen LogP contribution in [0, 0.1) is 6.92 Å². The average molecular weight is 217 g/mol. The van der Waals surface area contributed by atoms with E-state index in [0.717, 1.165) is 17.3 Å². The van der Waals surface area contributed by atoms with Gasteiger partial charge in [0.25, 0.3) is 0 Å². The summed E-state index contributed by atoms with van der Waals surface area (Å²) >= 11 is 0. The van der Waals surface area contributed by atoms with Gasteiger partial charge in [-0.25, -0.2) is 4.98 Å². The van der Waals surface area contributed by atoms with Gasteiger partial charge in [0.15, 0.2) is 0 Å². The lowest BCUT2D eigenvalue weighted by Crippen LogP contribution is -2.00. The zero-order chi connectivity index (χ0) is 11.1. The molecule has 0 aliphatic heterocycles. The molecule has 0 bridgehead atoms. The number of aryl methyl sites for hydroxylation is 2. The van der Waals surface area contributed by atoms with E-state index in [4.69, 9.17) is 0 Å². The third kappa shape index (κ3) is 1.68. The lowest BCUT2D eigenvalue weighted by molar-refractivity contribution is 0.750. The van der Waals surface area contributed by atoms with Gasteiger partial charge in [0.2, 0.25) is 5.95 Å². The Bertz CT molecular complexity index is 506. The van der Waals surface area contributed by atoms with Crippen LogP contribution in [0.2, 0.25) is 0 Å². The topological polar surface area (TPSA) is 47.7 Å². The monoisotopic (exact) mass is 217 g/mol. The molecular weight excluding hydrogens is 202 g/mol. The molecule has 2 aromatic heterocycles. The molecule has 0 spiro atoms. The zero-order valence-electron chi connectivity index (χ0n) is 9.51. The first-order valence-electron chi connectivity index (χ1n) is 5.53. The molecule has 16 heavy (non-hydrogen) atoms. The number of imidazole rings is 1. The van der Waals surface area contributed by atoms with E-state index in [1.54, 1.807) is 10.9 Å². The lowest BCUT2D eigenvalue weighted by Gasteiger charge is -2.06. The normalized spacial score (nSPS) is 15.4. The summed E-state index contributed by atoms with van der Waals surface area (Å²) in [5.41, 5.74) is 2.04. The largest absolute Gasteiger partial charge is 0.323 e. The van der Waals surface area contributed by atoms with E-state index in [-0.39, 0.29) is 0 Å². The molecule has 0 unspecified atom stereocenters. The highest BCUT2D eigenvalue weighted by atomic mass is 15.3. The summed E-state index contributed by atoms with van der Waals surface area (Å²) in [6.07, 6.45) is 8.38. The van der Waals surface area contributed by atoms with Crippen molar-refractivity contribution in [2.75, 3.05) is 5.32 Å². The molecule has 1 aliphatic carbocycles. The fraction of sp³-hybridized carbons (Fsp3) is 0.455. The number of hydrogen-bond donors (Lipinski definition) is 1. The first-order valence-corrected chi connectivity index (χ1v) is 5.53. The van der Waals surface area contributed by atoms with E-state index >= 15 is 0 Å². The summed E-state index contributed by atoms with van der Waals surface area (Å²) in [7, 11) is 1.91. The van der Waals surface area contributed by atoms with Crippen LogP contribution in [-0.2, 0) is 7.05 Å². The number of nitrogens with zero attached hydrogens (tertiary/aromatic N) is 4.